The molecule has 1 rings (SSSR count). The summed E-state index contributed by atoms with van der Waals surface area (Å²) in [5.74, 6) is 0.455. The monoisotopic (exact) mass is 149 g/mol. The third kappa shape index (κ3) is 2.05. The Hall–Kier alpha value is -0.820. The molecule has 0 spiro atoms. The highest BCUT2D eigenvalue weighted by molar-refractivity contribution is 5.19. The molecular formula is C10H15N. The van der Waals surface area contributed by atoms with Crippen LogP contribution in [0.5, 0.6) is 0 Å². The van der Waals surface area contributed by atoms with E-state index in [4.69, 9.17) is 5.73 Å². The van der Waals surface area contributed by atoms with Crippen molar-refractivity contribution in [1.82, 2.24) is 0 Å². The molecule has 2 atom stereocenters. The van der Waals surface area contributed by atoms with Gasteiger partial charge in [0, 0.05) is 6.04 Å². The molecule has 2 unspecified atom stereocenters. The van der Waals surface area contributed by atoms with Crippen LogP contribution in [-0.2, 0) is 0 Å². The Kier molecular flexibility index (Phi) is 2.66. The number of hydrogen-bond acceptors (Lipinski definition) is 1. The summed E-state index contributed by atoms with van der Waals surface area (Å²) in [5, 5.41) is 0. The second-order valence-corrected chi connectivity index (χ2v) is 3.06. The van der Waals surface area contributed by atoms with Crippen LogP contribution in [-0.4, -0.2) is 6.04 Å². The highest BCUT2D eigenvalue weighted by Crippen LogP contribution is 2.16. The first-order chi connectivity index (χ1) is 5.22. The lowest BCUT2D eigenvalue weighted by Gasteiger charge is -2.15. The molecule has 0 radical (unpaired) electrons. The Labute approximate surface area is 68.2 Å². The molecule has 0 aliphatic carbocycles. The number of nitrogens with two attached hydrogens (primary N) is 1. The highest BCUT2D eigenvalue weighted by Gasteiger charge is 2.08. The first-order valence-electron chi connectivity index (χ1n) is 4.02. The van der Waals surface area contributed by atoms with Crippen LogP contribution in [0.2, 0.25) is 0 Å². The molecule has 0 saturated heterocycles. The minimum Gasteiger partial charge on any atom is -0.327 e. The topological polar surface area (TPSA) is 26.0 Å². The maximum Gasteiger partial charge on any atom is 0.00766 e. The molecule has 1 nitrogen and oxygen atoms in total. The molecular weight excluding hydrogens is 134 g/mol. The largest absolute Gasteiger partial charge is 0.327 e. The molecule has 0 aromatic heterocycles. The van der Waals surface area contributed by atoms with E-state index in [0.717, 1.165) is 0 Å². The molecule has 60 valence electrons. The molecule has 0 aliphatic heterocycles. The van der Waals surface area contributed by atoms with E-state index in [1.807, 2.05) is 25.1 Å². The van der Waals surface area contributed by atoms with Gasteiger partial charge >= 0.3 is 0 Å². The van der Waals surface area contributed by atoms with Gasteiger partial charge in [0.2, 0.25) is 0 Å². The highest BCUT2D eigenvalue weighted by atomic mass is 14.6. The molecule has 1 aromatic carbocycles. The normalized spacial score (nSPS) is 15.9. The summed E-state index contributed by atoms with van der Waals surface area (Å²) in [4.78, 5) is 0. The average molecular weight is 149 g/mol. The number of hydrogen-bond donors (Lipinski definition) is 1. The predicted molar refractivity (Wildman–Crippen MR) is 48.5 cm³/mol. The zero-order chi connectivity index (χ0) is 8.27. The van der Waals surface area contributed by atoms with E-state index < -0.39 is 0 Å². The van der Waals surface area contributed by atoms with Crippen LogP contribution in [0.25, 0.3) is 0 Å². The van der Waals surface area contributed by atoms with Crippen LogP contribution < -0.4 is 5.73 Å². The SMILES string of the molecule is CC(N)C(C)c1ccccc1. The van der Waals surface area contributed by atoms with Crippen molar-refractivity contribution >= 4 is 0 Å². The van der Waals surface area contributed by atoms with Crippen molar-refractivity contribution in [2.45, 2.75) is 25.8 Å². The van der Waals surface area contributed by atoms with E-state index in [1.54, 1.807) is 0 Å². The predicted octanol–water partition coefficient (Wildman–Crippen LogP) is 2.14. The van der Waals surface area contributed by atoms with Crippen LogP contribution in [0.3, 0.4) is 0 Å². The van der Waals surface area contributed by atoms with Crippen molar-refractivity contribution in [2.24, 2.45) is 5.73 Å². The molecule has 11 heavy (non-hydrogen) atoms. The number of rotatable bonds is 2. The van der Waals surface area contributed by atoms with E-state index in [2.05, 4.69) is 19.1 Å². The summed E-state index contributed by atoms with van der Waals surface area (Å²) in [6.45, 7) is 4.19. The zero-order valence-electron chi connectivity index (χ0n) is 7.12. The molecule has 0 saturated carbocycles. The van der Waals surface area contributed by atoms with Crippen molar-refractivity contribution < 1.29 is 0 Å². The fourth-order valence-corrected chi connectivity index (χ4v) is 1.06. The third-order valence-electron chi connectivity index (χ3n) is 2.11. The van der Waals surface area contributed by atoms with Crippen LogP contribution in [0, 0.1) is 0 Å². The molecule has 1 heteroatoms. The summed E-state index contributed by atoms with van der Waals surface area (Å²) in [6, 6.07) is 10.6. The molecule has 0 fully saturated rings. The number of benzene rings is 1. The molecule has 0 aliphatic rings. The lowest BCUT2D eigenvalue weighted by Crippen LogP contribution is -2.22. The van der Waals surface area contributed by atoms with Gasteiger partial charge in [0.25, 0.3) is 0 Å². The van der Waals surface area contributed by atoms with Gasteiger partial charge in [0.15, 0.2) is 0 Å². The van der Waals surface area contributed by atoms with Crippen LogP contribution in [0.15, 0.2) is 30.3 Å². The van der Waals surface area contributed by atoms with Crippen molar-refractivity contribution in [3.05, 3.63) is 35.9 Å². The fourth-order valence-electron chi connectivity index (χ4n) is 1.06. The first-order valence-corrected chi connectivity index (χ1v) is 4.02. The van der Waals surface area contributed by atoms with E-state index in [-0.39, 0.29) is 6.04 Å². The van der Waals surface area contributed by atoms with E-state index >= 15 is 0 Å². The van der Waals surface area contributed by atoms with Gasteiger partial charge in [0.1, 0.15) is 0 Å². The van der Waals surface area contributed by atoms with Gasteiger partial charge in [-0.05, 0) is 18.4 Å². The van der Waals surface area contributed by atoms with Crippen molar-refractivity contribution in [2.75, 3.05) is 0 Å². The van der Waals surface area contributed by atoms with Crippen molar-refractivity contribution in [3.8, 4) is 0 Å². The second-order valence-electron chi connectivity index (χ2n) is 3.06. The lowest BCUT2D eigenvalue weighted by atomic mass is 9.95. The average Bonchev–Trinajstić information content (AvgIpc) is 2.05. The third-order valence-corrected chi connectivity index (χ3v) is 2.11. The Morgan fingerprint density at radius 2 is 1.64 bits per heavy atom. The molecule has 1 aromatic rings. The van der Waals surface area contributed by atoms with E-state index in [9.17, 15) is 0 Å². The fraction of sp³-hybridized carbons (Fsp3) is 0.400. The Morgan fingerprint density at radius 1 is 1.09 bits per heavy atom. The van der Waals surface area contributed by atoms with Crippen LogP contribution >= 0.6 is 0 Å². The van der Waals surface area contributed by atoms with Gasteiger partial charge in [-0.2, -0.15) is 0 Å². The quantitative estimate of drug-likeness (QED) is 0.685. The van der Waals surface area contributed by atoms with Gasteiger partial charge in [0.05, 0.1) is 0 Å². The smallest absolute Gasteiger partial charge is 0.00766 e. The lowest BCUT2D eigenvalue weighted by molar-refractivity contribution is 0.613. The summed E-state index contributed by atoms with van der Waals surface area (Å²) in [5.41, 5.74) is 7.09. The van der Waals surface area contributed by atoms with Crippen molar-refractivity contribution in [1.29, 1.82) is 0 Å². The van der Waals surface area contributed by atoms with Gasteiger partial charge in [-0.15, -0.1) is 0 Å². The van der Waals surface area contributed by atoms with Crippen LogP contribution in [0.1, 0.15) is 25.3 Å². The Bertz CT molecular complexity index is 203. The van der Waals surface area contributed by atoms with Gasteiger partial charge in [-0.1, -0.05) is 37.3 Å². The van der Waals surface area contributed by atoms with E-state index in [0.29, 0.717) is 5.92 Å². The summed E-state index contributed by atoms with van der Waals surface area (Å²) < 4.78 is 0. The Balaban J connectivity index is 2.77. The van der Waals surface area contributed by atoms with Gasteiger partial charge < -0.3 is 5.73 Å². The summed E-state index contributed by atoms with van der Waals surface area (Å²) >= 11 is 0. The zero-order valence-corrected chi connectivity index (χ0v) is 7.12. The second kappa shape index (κ2) is 3.54. The summed E-state index contributed by atoms with van der Waals surface area (Å²) in [6.07, 6.45) is 0. The standard InChI is InChI=1S/C10H15N/c1-8(9(2)11)10-6-4-3-5-7-10/h3-9H,11H2,1-2H3. The van der Waals surface area contributed by atoms with E-state index in [1.165, 1.54) is 5.56 Å². The van der Waals surface area contributed by atoms with Crippen LogP contribution in [0.4, 0.5) is 0 Å². The minimum atomic E-state index is 0.234. The maximum absolute atomic E-state index is 5.77. The summed E-state index contributed by atoms with van der Waals surface area (Å²) in [7, 11) is 0. The first kappa shape index (κ1) is 8.28. The Morgan fingerprint density at radius 3 is 2.09 bits per heavy atom. The molecule has 0 bridgehead atoms. The molecule has 0 heterocycles. The minimum absolute atomic E-state index is 0.234. The van der Waals surface area contributed by atoms with Crippen molar-refractivity contribution in [3.63, 3.8) is 0 Å². The maximum atomic E-state index is 5.77. The molecule has 2 N–H and O–H groups in total. The van der Waals surface area contributed by atoms with Gasteiger partial charge in [-0.25, -0.2) is 0 Å². The molecule has 0 amide bonds. The van der Waals surface area contributed by atoms with Gasteiger partial charge in [-0.3, -0.25) is 0 Å².